The number of carbonyl (C=O) groups is 5. The zero-order chi connectivity index (χ0) is 29.0. The predicted octanol–water partition coefficient (Wildman–Crippen LogP) is -2.95. The van der Waals surface area contributed by atoms with E-state index in [4.69, 9.17) is 24.7 Å². The first kappa shape index (κ1) is 35.5. The minimum Gasteiger partial charge on any atom is -0.542 e. The molecule has 0 aliphatic rings. The third-order valence-electron chi connectivity index (χ3n) is 4.48. The Kier molecular flexibility index (Phi) is 15.3. The summed E-state index contributed by atoms with van der Waals surface area (Å²) in [6.07, 6.45) is -5.75. The lowest BCUT2D eigenvalue weighted by Gasteiger charge is -2.26. The molecule has 0 unspecified atom stereocenters. The van der Waals surface area contributed by atoms with Crippen LogP contribution < -0.4 is 21.5 Å². The van der Waals surface area contributed by atoms with Crippen molar-refractivity contribution >= 4 is 52.5 Å². The highest BCUT2D eigenvalue weighted by Gasteiger charge is 2.34. The summed E-state index contributed by atoms with van der Waals surface area (Å²) in [5.41, 5.74) is 3.63. The number of thiol groups is 1. The lowest BCUT2D eigenvalue weighted by atomic mass is 9.97. The van der Waals surface area contributed by atoms with Gasteiger partial charge in [0, 0.05) is 6.42 Å². The van der Waals surface area contributed by atoms with Crippen LogP contribution in [-0.4, -0.2) is 88.2 Å². The molecule has 19 heteroatoms. The molecule has 0 spiro atoms. The first-order chi connectivity index (χ1) is 16.1. The van der Waals surface area contributed by atoms with Gasteiger partial charge in [-0.2, -0.15) is 34.2 Å². The molecule has 0 saturated carbocycles. The summed E-state index contributed by atoms with van der Waals surface area (Å²) < 4.78 is 62.0. The average molecular weight is 572 g/mol. The van der Waals surface area contributed by atoms with Gasteiger partial charge in [0.2, 0.25) is 11.8 Å². The van der Waals surface area contributed by atoms with Crippen LogP contribution in [0.15, 0.2) is 0 Å². The zero-order valence-electron chi connectivity index (χ0n) is 19.0. The van der Waals surface area contributed by atoms with Gasteiger partial charge in [0.15, 0.2) is 0 Å². The van der Waals surface area contributed by atoms with Crippen molar-refractivity contribution in [3.63, 3.8) is 0 Å². The van der Waals surface area contributed by atoms with Crippen molar-refractivity contribution in [2.75, 3.05) is 5.75 Å². The van der Waals surface area contributed by atoms with Crippen LogP contribution in [0.1, 0.15) is 33.1 Å². The van der Waals surface area contributed by atoms with Gasteiger partial charge in [-0.3, -0.25) is 18.9 Å². The number of hydrogen-bond acceptors (Lipinski definition) is 9. The maximum Gasteiger partial charge on any atom is 0.430 e. The Morgan fingerprint density at radius 2 is 1.56 bits per heavy atom. The summed E-state index contributed by atoms with van der Waals surface area (Å²) in [6.45, 7) is 3.36. The highest BCUT2D eigenvalue weighted by atomic mass is 32.2. The van der Waals surface area contributed by atoms with E-state index < -0.39 is 87.5 Å². The maximum absolute atomic E-state index is 12.5. The molecule has 0 rings (SSSR count). The molecule has 0 aromatic heterocycles. The van der Waals surface area contributed by atoms with E-state index in [9.17, 15) is 40.8 Å². The molecule has 0 radical (unpaired) electrons. The normalized spacial score (nSPS) is 15.7. The van der Waals surface area contributed by atoms with Crippen LogP contribution in [0.3, 0.4) is 0 Å². The van der Waals surface area contributed by atoms with Crippen molar-refractivity contribution in [3.8, 4) is 0 Å². The van der Waals surface area contributed by atoms with Gasteiger partial charge in [0.1, 0.15) is 29.3 Å². The topological polar surface area (TPSA) is 255 Å². The van der Waals surface area contributed by atoms with E-state index in [1.54, 1.807) is 13.8 Å². The quantitative estimate of drug-likeness (QED) is 0.0868. The van der Waals surface area contributed by atoms with Crippen molar-refractivity contribution < 1.29 is 71.2 Å². The molecular formula is C17H28F3N3O11S2. The molecule has 0 aromatic rings. The third-order valence-corrected chi connectivity index (χ3v) is 5.89. The zero-order valence-corrected chi connectivity index (χ0v) is 20.7. The summed E-state index contributed by atoms with van der Waals surface area (Å²) in [7, 11) is -4.24. The molecule has 36 heavy (non-hydrogen) atoms. The van der Waals surface area contributed by atoms with E-state index in [0.717, 1.165) is 0 Å². The minimum atomic E-state index is -5.19. The van der Waals surface area contributed by atoms with Crippen molar-refractivity contribution in [1.29, 1.82) is 0 Å². The third kappa shape index (κ3) is 15.4. The van der Waals surface area contributed by atoms with E-state index in [1.165, 1.54) is 0 Å². The van der Waals surface area contributed by atoms with Crippen LogP contribution in [0.25, 0.3) is 0 Å². The summed E-state index contributed by atoms with van der Waals surface area (Å²) >= 11 is 4.08. The Labute approximate surface area is 208 Å². The molecule has 0 aliphatic carbocycles. The summed E-state index contributed by atoms with van der Waals surface area (Å²) in [6, 6.07) is -3.66. The molecule has 8 N–H and O–H groups in total. The van der Waals surface area contributed by atoms with Gasteiger partial charge in [0.25, 0.3) is 10.1 Å². The van der Waals surface area contributed by atoms with Gasteiger partial charge < -0.3 is 36.5 Å². The molecule has 0 saturated heterocycles. The second kappa shape index (κ2) is 15.5. The lowest BCUT2D eigenvalue weighted by Crippen LogP contribution is -2.68. The smallest absolute Gasteiger partial charge is 0.430 e. The number of carbonyl (C=O) groups excluding carboxylic acids is 3. The number of carboxylic acids is 3. The Bertz CT molecular complexity index is 900. The summed E-state index contributed by atoms with van der Waals surface area (Å²) in [5.74, 6) is -8.63. The average Bonchev–Trinajstić information content (AvgIpc) is 2.72. The van der Waals surface area contributed by atoms with Crippen LogP contribution in [0.5, 0.6) is 0 Å². The highest BCUT2D eigenvalue weighted by molar-refractivity contribution is 7.85. The van der Waals surface area contributed by atoms with E-state index in [-0.39, 0.29) is 6.42 Å². The van der Waals surface area contributed by atoms with Gasteiger partial charge in [-0.15, -0.1) is 0 Å². The Balaban J connectivity index is 0. The molecular weight excluding hydrogens is 543 g/mol. The van der Waals surface area contributed by atoms with Crippen LogP contribution in [0.2, 0.25) is 0 Å². The van der Waals surface area contributed by atoms with E-state index in [1.807, 2.05) is 0 Å². The van der Waals surface area contributed by atoms with Crippen LogP contribution in [0, 0.1) is 5.92 Å². The van der Waals surface area contributed by atoms with E-state index in [2.05, 4.69) is 29.0 Å². The Morgan fingerprint density at radius 1 is 1.08 bits per heavy atom. The van der Waals surface area contributed by atoms with Crippen molar-refractivity contribution in [2.24, 2.45) is 5.92 Å². The molecule has 5 atom stereocenters. The highest BCUT2D eigenvalue weighted by Crippen LogP contribution is 2.12. The van der Waals surface area contributed by atoms with Gasteiger partial charge in [0.05, 0.1) is 12.2 Å². The molecule has 0 bridgehead atoms. The molecule has 0 aromatic carbocycles. The fraction of sp³-hybridized carbons (Fsp3) is 0.706. The largest absolute Gasteiger partial charge is 0.542 e. The van der Waals surface area contributed by atoms with Crippen molar-refractivity contribution in [1.82, 2.24) is 10.6 Å². The predicted molar refractivity (Wildman–Crippen MR) is 115 cm³/mol. The first-order valence-electron chi connectivity index (χ1n) is 9.93. The lowest BCUT2D eigenvalue weighted by molar-refractivity contribution is -0.416. The number of aliphatic carboxylic acids is 3. The second-order valence-corrected chi connectivity index (χ2v) is 9.56. The minimum absolute atomic E-state index is 0.152. The molecule has 0 heterocycles. The molecule has 14 nitrogen and oxygen atoms in total. The Morgan fingerprint density at radius 3 is 1.89 bits per heavy atom. The number of halogens is 3. The molecule has 210 valence electrons. The standard InChI is InChI=1S/C15H27N3O9S2.C2HF3O2/c1-3-7(2)11(13(21)17-9(15(23)24)6-10(19)20)18-14(22)12(28)8(16)4-5-29(25,26)27;3-2(4,5)1(6)7/h7-9,11-12,28H,3-6,16H2,1-2H3,(H,17,21)(H,18,22)(H,19,20)(H,23,24)(H,25,26,27);(H,6,7)/t7-,8+,9+,11-,12+;/m0./s1. The number of alkyl halides is 3. The second-order valence-electron chi connectivity index (χ2n) is 7.43. The van der Waals surface area contributed by atoms with E-state index >= 15 is 0 Å². The summed E-state index contributed by atoms with van der Waals surface area (Å²) in [5, 5.41) is 30.0. The van der Waals surface area contributed by atoms with Crippen LogP contribution in [-0.2, 0) is 34.1 Å². The fourth-order valence-corrected chi connectivity index (χ4v) is 3.07. The van der Waals surface area contributed by atoms with Gasteiger partial charge >= 0.3 is 18.1 Å². The SMILES string of the molecule is CC[C@H](C)[C@H](NC(=O)[C@H](S)[C@H]([NH3+])CCS(=O)(=O)O)C(=O)N[C@H](CC(=O)O)C(=O)O.O=C([O-])C(F)(F)F. The van der Waals surface area contributed by atoms with Gasteiger partial charge in [-0.1, -0.05) is 20.3 Å². The van der Waals surface area contributed by atoms with E-state index in [0.29, 0.717) is 6.42 Å². The Hall–Kier alpha value is -2.64. The van der Waals surface area contributed by atoms with Gasteiger partial charge in [-0.05, 0) is 5.92 Å². The van der Waals surface area contributed by atoms with Gasteiger partial charge in [-0.25, -0.2) is 4.79 Å². The number of hydrogen-bond donors (Lipinski definition) is 7. The number of amides is 2. The fourth-order valence-electron chi connectivity index (χ4n) is 2.25. The van der Waals surface area contributed by atoms with Crippen LogP contribution in [0.4, 0.5) is 13.2 Å². The van der Waals surface area contributed by atoms with Crippen molar-refractivity contribution in [3.05, 3.63) is 0 Å². The molecule has 0 fully saturated rings. The summed E-state index contributed by atoms with van der Waals surface area (Å²) in [4.78, 5) is 55.6. The number of rotatable bonds is 13. The maximum atomic E-state index is 12.5. The molecule has 0 aliphatic heterocycles. The van der Waals surface area contributed by atoms with Crippen molar-refractivity contribution in [2.45, 2.75) is 62.7 Å². The van der Waals surface area contributed by atoms with Crippen LogP contribution >= 0.6 is 12.6 Å². The molecule has 2 amide bonds. The number of quaternary nitrogens is 1. The monoisotopic (exact) mass is 571 g/mol. The first-order valence-corrected chi connectivity index (χ1v) is 12.1. The number of nitrogens with one attached hydrogen (secondary N) is 2. The number of carboxylic acid groups (broad SMARTS) is 3.